The van der Waals surface area contributed by atoms with Gasteiger partial charge in [-0.15, -0.1) is 0 Å². The van der Waals surface area contributed by atoms with E-state index in [1.165, 1.54) is 7.11 Å². The molecule has 1 aromatic carbocycles. The number of methoxy groups -OCH3 is 1. The Kier molecular flexibility index (Phi) is 4.90. The van der Waals surface area contributed by atoms with Crippen LogP contribution in [0.25, 0.3) is 0 Å². The maximum Gasteiger partial charge on any atom is 0.310 e. The number of Topliss-reactive ketones (excluding diaryl/α,β-unsaturated/α-hetero) is 1. The van der Waals surface area contributed by atoms with Crippen molar-refractivity contribution in [3.05, 3.63) is 34.9 Å². The molecule has 128 valence electrons. The molecular weight excluding hydrogens is 332 g/mol. The van der Waals surface area contributed by atoms with E-state index in [-0.39, 0.29) is 30.2 Å². The summed E-state index contributed by atoms with van der Waals surface area (Å²) < 4.78 is 10.1. The number of carbonyl (C=O) groups excluding carboxylic acids is 3. The number of esters is 2. The molecule has 6 heteroatoms. The number of halogens is 1. The van der Waals surface area contributed by atoms with Gasteiger partial charge in [-0.2, -0.15) is 0 Å². The first-order valence-electron chi connectivity index (χ1n) is 8.04. The highest BCUT2D eigenvalue weighted by Gasteiger charge is 2.55. The average Bonchev–Trinajstić information content (AvgIpc) is 3.20. The van der Waals surface area contributed by atoms with E-state index in [0.29, 0.717) is 10.6 Å². The van der Waals surface area contributed by atoms with Gasteiger partial charge in [-0.3, -0.25) is 14.4 Å². The molecular formula is C18H19ClO5. The Balaban J connectivity index is 1.63. The number of ether oxygens (including phenoxy) is 2. The number of carbonyl (C=O) groups is 3. The molecule has 2 fully saturated rings. The van der Waals surface area contributed by atoms with E-state index in [2.05, 4.69) is 0 Å². The Bertz CT molecular complexity index is 654. The van der Waals surface area contributed by atoms with Gasteiger partial charge in [0.1, 0.15) is 0 Å². The predicted molar refractivity (Wildman–Crippen MR) is 86.6 cm³/mol. The summed E-state index contributed by atoms with van der Waals surface area (Å²) in [4.78, 5) is 36.5. The molecule has 0 radical (unpaired) electrons. The maximum absolute atomic E-state index is 12.5. The average molecular weight is 351 g/mol. The first-order chi connectivity index (χ1) is 11.5. The van der Waals surface area contributed by atoms with Gasteiger partial charge < -0.3 is 9.47 Å². The minimum atomic E-state index is -0.491. The molecule has 24 heavy (non-hydrogen) atoms. The van der Waals surface area contributed by atoms with E-state index >= 15 is 0 Å². The summed E-state index contributed by atoms with van der Waals surface area (Å²) in [5, 5.41) is 0.534. The van der Waals surface area contributed by atoms with Crippen LogP contribution in [0.5, 0.6) is 0 Å². The van der Waals surface area contributed by atoms with Crippen LogP contribution < -0.4 is 0 Å². The van der Waals surface area contributed by atoms with Crippen LogP contribution in [0.3, 0.4) is 0 Å². The minimum absolute atomic E-state index is 0.150. The molecule has 0 unspecified atom stereocenters. The van der Waals surface area contributed by atoms with Crippen molar-refractivity contribution in [2.24, 2.45) is 23.7 Å². The Morgan fingerprint density at radius 3 is 2.21 bits per heavy atom. The lowest BCUT2D eigenvalue weighted by Gasteiger charge is -2.27. The molecule has 4 atom stereocenters. The Hall–Kier alpha value is -1.88. The summed E-state index contributed by atoms with van der Waals surface area (Å²) in [6.45, 7) is -0.331. The van der Waals surface area contributed by atoms with Crippen LogP contribution >= 0.6 is 11.6 Å². The standard InChI is InChI=1S/C18H19ClO5/c1-23-17(21)15-11-2-3-12(8-11)16(15)18(22)24-9-14(20)10-4-6-13(19)7-5-10/h4-7,11-12,15-16H,2-3,8-9H2,1H3/t11-,12-,15+,16+/m1/s1. The highest BCUT2D eigenvalue weighted by molar-refractivity contribution is 6.30. The topological polar surface area (TPSA) is 69.7 Å². The van der Waals surface area contributed by atoms with Crippen LogP contribution in [0.1, 0.15) is 29.6 Å². The zero-order valence-electron chi connectivity index (χ0n) is 13.4. The number of ketones is 1. The van der Waals surface area contributed by atoms with Gasteiger partial charge in [0.2, 0.25) is 0 Å². The molecule has 0 heterocycles. The normalized spacial score (nSPS) is 27.8. The van der Waals surface area contributed by atoms with Crippen LogP contribution in [0.2, 0.25) is 5.02 Å². The van der Waals surface area contributed by atoms with Crippen LogP contribution in [0.4, 0.5) is 0 Å². The minimum Gasteiger partial charge on any atom is -0.469 e. The smallest absolute Gasteiger partial charge is 0.310 e. The molecule has 2 aliphatic carbocycles. The van der Waals surface area contributed by atoms with Crippen LogP contribution in [0.15, 0.2) is 24.3 Å². The lowest BCUT2D eigenvalue weighted by molar-refractivity contribution is -0.161. The highest BCUT2D eigenvalue weighted by atomic mass is 35.5. The zero-order valence-corrected chi connectivity index (χ0v) is 14.1. The molecule has 3 rings (SSSR count). The largest absolute Gasteiger partial charge is 0.469 e. The van der Waals surface area contributed by atoms with Gasteiger partial charge in [0.25, 0.3) is 0 Å². The van der Waals surface area contributed by atoms with Crippen LogP contribution in [0, 0.1) is 23.7 Å². The molecule has 2 bridgehead atoms. The Labute approximate surface area is 145 Å². The number of rotatable bonds is 5. The van der Waals surface area contributed by atoms with Crippen LogP contribution in [-0.2, 0) is 19.1 Å². The highest BCUT2D eigenvalue weighted by Crippen LogP contribution is 2.53. The predicted octanol–water partition coefficient (Wildman–Crippen LogP) is 2.90. The van der Waals surface area contributed by atoms with Crippen molar-refractivity contribution in [2.75, 3.05) is 13.7 Å². The number of fused-ring (bicyclic) bond motifs is 2. The SMILES string of the molecule is COC(=O)[C@H]1[C@@H]2CC[C@H](C2)[C@@H]1C(=O)OCC(=O)c1ccc(Cl)cc1. The maximum atomic E-state index is 12.5. The molecule has 5 nitrogen and oxygen atoms in total. The van der Waals surface area contributed by atoms with Crippen molar-refractivity contribution in [1.82, 2.24) is 0 Å². The summed E-state index contributed by atoms with van der Waals surface area (Å²) in [5.74, 6) is -1.71. The third kappa shape index (κ3) is 3.18. The molecule has 2 aliphatic rings. The van der Waals surface area contributed by atoms with Gasteiger partial charge in [0.15, 0.2) is 12.4 Å². The van der Waals surface area contributed by atoms with Crippen molar-refractivity contribution in [3.8, 4) is 0 Å². The van der Waals surface area contributed by atoms with Crippen LogP contribution in [-0.4, -0.2) is 31.4 Å². The van der Waals surface area contributed by atoms with E-state index < -0.39 is 17.8 Å². The van der Waals surface area contributed by atoms with Crippen molar-refractivity contribution >= 4 is 29.3 Å². The second-order valence-corrected chi connectivity index (χ2v) is 6.88. The second-order valence-electron chi connectivity index (χ2n) is 6.45. The van der Waals surface area contributed by atoms with Gasteiger partial charge >= 0.3 is 11.9 Å². The van der Waals surface area contributed by atoms with Gasteiger partial charge in [-0.05, 0) is 55.4 Å². The summed E-state index contributed by atoms with van der Waals surface area (Å²) in [5.41, 5.74) is 0.435. The molecule has 2 saturated carbocycles. The molecule has 0 spiro atoms. The van der Waals surface area contributed by atoms with Crippen molar-refractivity contribution in [2.45, 2.75) is 19.3 Å². The Morgan fingerprint density at radius 1 is 1.04 bits per heavy atom. The molecule has 0 saturated heterocycles. The molecule has 0 aromatic heterocycles. The quantitative estimate of drug-likeness (QED) is 0.603. The number of hydrogen-bond acceptors (Lipinski definition) is 5. The van der Waals surface area contributed by atoms with Crippen molar-refractivity contribution in [3.63, 3.8) is 0 Å². The van der Waals surface area contributed by atoms with E-state index in [1.54, 1.807) is 24.3 Å². The number of hydrogen-bond donors (Lipinski definition) is 0. The molecule has 0 amide bonds. The zero-order chi connectivity index (χ0) is 17.3. The van der Waals surface area contributed by atoms with E-state index in [4.69, 9.17) is 21.1 Å². The van der Waals surface area contributed by atoms with E-state index in [9.17, 15) is 14.4 Å². The first kappa shape index (κ1) is 17.0. The van der Waals surface area contributed by atoms with E-state index in [0.717, 1.165) is 19.3 Å². The fourth-order valence-corrected chi connectivity index (χ4v) is 4.18. The summed E-state index contributed by atoms with van der Waals surface area (Å²) in [7, 11) is 1.33. The summed E-state index contributed by atoms with van der Waals surface area (Å²) >= 11 is 5.79. The fraction of sp³-hybridized carbons (Fsp3) is 0.500. The second kappa shape index (κ2) is 6.93. The third-order valence-corrected chi connectivity index (χ3v) is 5.43. The monoisotopic (exact) mass is 350 g/mol. The molecule has 0 aliphatic heterocycles. The molecule has 1 aromatic rings. The summed E-state index contributed by atoms with van der Waals surface area (Å²) in [6, 6.07) is 6.40. The first-order valence-corrected chi connectivity index (χ1v) is 8.42. The lowest BCUT2D eigenvalue weighted by atomic mass is 9.79. The lowest BCUT2D eigenvalue weighted by Crippen LogP contribution is -2.37. The molecule has 0 N–H and O–H groups in total. The van der Waals surface area contributed by atoms with Gasteiger partial charge in [0.05, 0.1) is 18.9 Å². The third-order valence-electron chi connectivity index (χ3n) is 5.17. The Morgan fingerprint density at radius 2 is 1.62 bits per heavy atom. The van der Waals surface area contributed by atoms with Gasteiger partial charge in [-0.25, -0.2) is 0 Å². The fourth-order valence-electron chi connectivity index (χ4n) is 4.06. The van der Waals surface area contributed by atoms with Gasteiger partial charge in [0, 0.05) is 10.6 Å². The van der Waals surface area contributed by atoms with E-state index in [1.807, 2.05) is 0 Å². The van der Waals surface area contributed by atoms with Gasteiger partial charge in [-0.1, -0.05) is 11.6 Å². The summed E-state index contributed by atoms with van der Waals surface area (Å²) in [6.07, 6.45) is 2.71. The van der Waals surface area contributed by atoms with Crippen molar-refractivity contribution in [1.29, 1.82) is 0 Å². The number of benzene rings is 1. The van der Waals surface area contributed by atoms with Crippen molar-refractivity contribution < 1.29 is 23.9 Å².